The van der Waals surface area contributed by atoms with Crippen molar-refractivity contribution in [3.05, 3.63) is 97.6 Å². The quantitative estimate of drug-likeness (QED) is 0.308. The minimum atomic E-state index is 0. The summed E-state index contributed by atoms with van der Waals surface area (Å²) in [5, 5.41) is 16.4. The predicted octanol–water partition coefficient (Wildman–Crippen LogP) is 3.58. The molecule has 6 aromatic rings. The van der Waals surface area contributed by atoms with Crippen molar-refractivity contribution in [2.45, 2.75) is 0 Å². The normalized spacial score (nSPS) is 10.3. The molecule has 0 aliphatic carbocycles. The molecule has 0 aromatic carbocycles. The van der Waals surface area contributed by atoms with Gasteiger partial charge >= 0.3 is 0 Å². The Morgan fingerprint density at radius 2 is 0.935 bits per heavy atom. The molecule has 0 bridgehead atoms. The summed E-state index contributed by atoms with van der Waals surface area (Å²) in [6, 6.07) is 23.1. The summed E-state index contributed by atoms with van der Waals surface area (Å²) in [7, 11) is 0. The van der Waals surface area contributed by atoms with Crippen molar-refractivity contribution in [3.63, 3.8) is 0 Å². The molecule has 0 aliphatic rings. The van der Waals surface area contributed by atoms with Crippen LogP contribution in [0.4, 0.5) is 0 Å². The summed E-state index contributed by atoms with van der Waals surface area (Å²) in [6.45, 7) is 0. The first-order chi connectivity index (χ1) is 14.9. The van der Waals surface area contributed by atoms with Gasteiger partial charge in [-0.25, -0.2) is 0 Å². The average Bonchev–Trinajstić information content (AvgIpc) is 3.45. The van der Waals surface area contributed by atoms with Gasteiger partial charge in [0.05, 0.1) is 0 Å². The van der Waals surface area contributed by atoms with Crippen LogP contribution in [0.15, 0.2) is 97.6 Å². The van der Waals surface area contributed by atoms with Crippen LogP contribution in [0.25, 0.3) is 34.3 Å². The molecule has 6 heterocycles. The summed E-state index contributed by atoms with van der Waals surface area (Å²) in [4.78, 5) is 8.50. The Balaban J connectivity index is 0.000000144. The van der Waals surface area contributed by atoms with Crippen molar-refractivity contribution < 1.29 is 21.1 Å². The molecule has 0 atom stereocenters. The first-order valence-electron chi connectivity index (χ1n) is 9.32. The Kier molecular flexibility index (Phi) is 6.19. The second-order valence-corrected chi connectivity index (χ2v) is 6.33. The number of aromatic nitrogens is 8. The van der Waals surface area contributed by atoms with E-state index in [1.54, 1.807) is 12.4 Å². The largest absolute Gasteiger partial charge is 0.281 e. The van der Waals surface area contributed by atoms with Gasteiger partial charge in [-0.15, -0.1) is 20.4 Å². The van der Waals surface area contributed by atoms with Crippen LogP contribution >= 0.6 is 0 Å². The molecule has 0 radical (unpaired) electrons. The van der Waals surface area contributed by atoms with Crippen LogP contribution in [0.3, 0.4) is 0 Å². The third kappa shape index (κ3) is 4.24. The van der Waals surface area contributed by atoms with Crippen molar-refractivity contribution in [1.82, 2.24) is 39.2 Å². The fraction of sp³-hybridized carbons (Fsp3) is 0. The van der Waals surface area contributed by atoms with E-state index in [1.807, 2.05) is 94.0 Å². The van der Waals surface area contributed by atoms with Gasteiger partial charge in [0.15, 0.2) is 22.9 Å². The molecule has 0 saturated carbocycles. The number of pyridine rings is 4. The van der Waals surface area contributed by atoms with Crippen LogP contribution in [0.5, 0.6) is 0 Å². The maximum absolute atomic E-state index is 4.25. The van der Waals surface area contributed by atoms with Gasteiger partial charge in [0.1, 0.15) is 11.4 Å². The van der Waals surface area contributed by atoms with E-state index in [0.29, 0.717) is 0 Å². The smallest absolute Gasteiger partial charge is 0.186 e. The van der Waals surface area contributed by atoms with Gasteiger partial charge in [0, 0.05) is 45.9 Å². The van der Waals surface area contributed by atoms with E-state index in [-0.39, 0.29) is 21.1 Å². The average molecular weight is 588 g/mol. The van der Waals surface area contributed by atoms with E-state index in [9.17, 15) is 0 Å². The zero-order valence-electron chi connectivity index (χ0n) is 16.1. The van der Waals surface area contributed by atoms with Crippen LogP contribution in [-0.4, -0.2) is 39.2 Å². The summed E-state index contributed by atoms with van der Waals surface area (Å²) in [5.41, 5.74) is 3.32. The third-order valence-electron chi connectivity index (χ3n) is 4.42. The molecule has 154 valence electrons. The van der Waals surface area contributed by atoms with Crippen LogP contribution in [0.2, 0.25) is 0 Å². The maximum atomic E-state index is 4.25. The minimum absolute atomic E-state index is 0. The second-order valence-electron chi connectivity index (χ2n) is 6.33. The van der Waals surface area contributed by atoms with Crippen LogP contribution in [0.1, 0.15) is 0 Å². The zero-order chi connectivity index (χ0) is 20.2. The van der Waals surface area contributed by atoms with Gasteiger partial charge in [-0.3, -0.25) is 18.8 Å². The van der Waals surface area contributed by atoms with E-state index in [1.165, 1.54) is 0 Å². The van der Waals surface area contributed by atoms with Crippen molar-refractivity contribution in [3.8, 4) is 23.0 Å². The van der Waals surface area contributed by atoms with E-state index in [0.717, 1.165) is 34.3 Å². The molecule has 0 saturated heterocycles. The topological polar surface area (TPSA) is 86.2 Å². The molecule has 0 aliphatic heterocycles. The number of rotatable bonds is 2. The first kappa shape index (κ1) is 20.5. The van der Waals surface area contributed by atoms with Crippen LogP contribution in [-0.2, 0) is 21.1 Å². The van der Waals surface area contributed by atoms with Crippen LogP contribution in [0, 0.1) is 0 Å². The Bertz CT molecular complexity index is 1290. The fourth-order valence-corrected chi connectivity index (χ4v) is 3.02. The predicted molar refractivity (Wildman–Crippen MR) is 112 cm³/mol. The molecular formula is C22H16N8Pt. The zero-order valence-corrected chi connectivity index (χ0v) is 18.4. The van der Waals surface area contributed by atoms with Crippen molar-refractivity contribution in [2.75, 3.05) is 0 Å². The molecule has 9 heteroatoms. The molecule has 0 amide bonds. The Labute approximate surface area is 191 Å². The summed E-state index contributed by atoms with van der Waals surface area (Å²) in [6.07, 6.45) is 7.36. The van der Waals surface area contributed by atoms with Crippen LogP contribution < -0.4 is 0 Å². The molecule has 31 heavy (non-hydrogen) atoms. The second kappa shape index (κ2) is 9.36. The molecule has 0 unspecified atom stereocenters. The van der Waals surface area contributed by atoms with E-state index in [2.05, 4.69) is 30.4 Å². The van der Waals surface area contributed by atoms with Crippen molar-refractivity contribution >= 4 is 11.3 Å². The SMILES string of the molecule is [Pt].c1ccc(-c2nnc3ccccn23)nc1.c1ccc(-c2nnc3ccccn23)nc1. The molecule has 0 fully saturated rings. The van der Waals surface area contributed by atoms with Gasteiger partial charge in [0.25, 0.3) is 0 Å². The molecular weight excluding hydrogens is 571 g/mol. The van der Waals surface area contributed by atoms with E-state index in [4.69, 9.17) is 0 Å². The minimum Gasteiger partial charge on any atom is -0.281 e. The Morgan fingerprint density at radius 3 is 1.35 bits per heavy atom. The number of hydrogen-bond acceptors (Lipinski definition) is 6. The van der Waals surface area contributed by atoms with Gasteiger partial charge in [-0.05, 0) is 48.5 Å². The van der Waals surface area contributed by atoms with Crippen molar-refractivity contribution in [2.24, 2.45) is 0 Å². The van der Waals surface area contributed by atoms with Gasteiger partial charge in [-0.2, -0.15) is 0 Å². The summed E-state index contributed by atoms with van der Waals surface area (Å²) >= 11 is 0. The van der Waals surface area contributed by atoms with Gasteiger partial charge in [0.2, 0.25) is 0 Å². The van der Waals surface area contributed by atoms with Crippen molar-refractivity contribution in [1.29, 1.82) is 0 Å². The molecule has 0 N–H and O–H groups in total. The number of hydrogen-bond donors (Lipinski definition) is 0. The first-order valence-corrected chi connectivity index (χ1v) is 9.32. The maximum Gasteiger partial charge on any atom is 0.186 e. The molecule has 6 rings (SSSR count). The molecule has 0 spiro atoms. The van der Waals surface area contributed by atoms with Gasteiger partial charge < -0.3 is 0 Å². The molecule has 8 nitrogen and oxygen atoms in total. The number of fused-ring (bicyclic) bond motifs is 2. The summed E-state index contributed by atoms with van der Waals surface area (Å²) < 4.78 is 3.84. The third-order valence-corrected chi connectivity index (χ3v) is 4.42. The van der Waals surface area contributed by atoms with Gasteiger partial charge in [-0.1, -0.05) is 24.3 Å². The Morgan fingerprint density at radius 1 is 0.484 bits per heavy atom. The Hall–Kier alpha value is -3.77. The standard InChI is InChI=1S/2C11H8N4.Pt/c2*1-3-7-12-9(5-1)11-14-13-10-6-2-4-8-15(10)11;/h2*1-8H;. The summed E-state index contributed by atoms with van der Waals surface area (Å²) in [5.74, 6) is 1.54. The van der Waals surface area contributed by atoms with E-state index < -0.39 is 0 Å². The number of nitrogens with zero attached hydrogens (tertiary/aromatic N) is 8. The fourth-order valence-electron chi connectivity index (χ4n) is 3.02. The van der Waals surface area contributed by atoms with E-state index >= 15 is 0 Å². The molecule has 6 aromatic heterocycles. The monoisotopic (exact) mass is 587 g/mol.